The summed E-state index contributed by atoms with van der Waals surface area (Å²) in [6.07, 6.45) is 0.485. The second-order valence-corrected chi connectivity index (χ2v) is 5.32. The Kier molecular flexibility index (Phi) is 4.47. The van der Waals surface area contributed by atoms with Crippen LogP contribution < -0.4 is 5.32 Å². The number of hydrogen-bond donors (Lipinski definition) is 1. The Balaban J connectivity index is 1.61. The van der Waals surface area contributed by atoms with Crippen LogP contribution in [0.2, 0.25) is 0 Å². The number of hydrogen-bond acceptors (Lipinski definition) is 4. The van der Waals surface area contributed by atoms with Gasteiger partial charge in [0.05, 0.1) is 0 Å². The fraction of sp³-hybridized carbons (Fsp3) is 0.167. The predicted molar refractivity (Wildman–Crippen MR) is 86.8 cm³/mol. The number of nitrogens with zero attached hydrogens (tertiary/aromatic N) is 2. The molecule has 1 N–H and O–H groups in total. The third-order valence-corrected chi connectivity index (χ3v) is 3.39. The fourth-order valence-corrected chi connectivity index (χ4v) is 2.25. The van der Waals surface area contributed by atoms with E-state index in [1.807, 2.05) is 55.5 Å². The van der Waals surface area contributed by atoms with Crippen molar-refractivity contribution < 1.29 is 9.32 Å². The quantitative estimate of drug-likeness (QED) is 0.786. The molecule has 116 valence electrons. The molecule has 1 amide bonds. The minimum Gasteiger partial charge on any atom is -0.349 e. The van der Waals surface area contributed by atoms with E-state index >= 15 is 0 Å². The van der Waals surface area contributed by atoms with Crippen molar-refractivity contribution in [2.24, 2.45) is 0 Å². The van der Waals surface area contributed by atoms with Crippen LogP contribution in [0.3, 0.4) is 0 Å². The molecule has 0 radical (unpaired) electrons. The van der Waals surface area contributed by atoms with E-state index < -0.39 is 0 Å². The Bertz CT molecular complexity index is 769. The van der Waals surface area contributed by atoms with Crippen molar-refractivity contribution in [3.05, 3.63) is 72.1 Å². The lowest BCUT2D eigenvalue weighted by atomic mass is 10.2. The third kappa shape index (κ3) is 3.83. The first kappa shape index (κ1) is 15.0. The molecule has 1 atom stereocenters. The lowest BCUT2D eigenvalue weighted by Gasteiger charge is -2.11. The summed E-state index contributed by atoms with van der Waals surface area (Å²) in [6.45, 7) is 1.91. The van der Waals surface area contributed by atoms with Crippen molar-refractivity contribution in [2.45, 2.75) is 19.4 Å². The van der Waals surface area contributed by atoms with Gasteiger partial charge in [0, 0.05) is 23.6 Å². The van der Waals surface area contributed by atoms with E-state index in [9.17, 15) is 4.79 Å². The molecule has 3 rings (SSSR count). The predicted octanol–water partition coefficient (Wildman–Crippen LogP) is 3.10. The summed E-state index contributed by atoms with van der Waals surface area (Å²) >= 11 is 0. The van der Waals surface area contributed by atoms with E-state index in [1.54, 1.807) is 12.1 Å². The van der Waals surface area contributed by atoms with E-state index in [4.69, 9.17) is 4.52 Å². The van der Waals surface area contributed by atoms with E-state index in [0.717, 1.165) is 5.56 Å². The first-order chi connectivity index (χ1) is 11.2. The number of amides is 1. The number of carbonyl (C=O) groups is 1. The molecule has 0 aliphatic heterocycles. The summed E-state index contributed by atoms with van der Waals surface area (Å²) in [5.41, 5.74) is 1.54. The van der Waals surface area contributed by atoms with Crippen LogP contribution in [0.15, 0.2) is 65.2 Å². The molecule has 5 nitrogen and oxygen atoms in total. The van der Waals surface area contributed by atoms with Crippen molar-refractivity contribution in [1.29, 1.82) is 0 Å². The zero-order valence-corrected chi connectivity index (χ0v) is 12.8. The Morgan fingerprint density at radius 3 is 2.43 bits per heavy atom. The third-order valence-electron chi connectivity index (χ3n) is 3.39. The highest BCUT2D eigenvalue weighted by molar-refractivity contribution is 5.94. The average molecular weight is 307 g/mol. The van der Waals surface area contributed by atoms with Gasteiger partial charge < -0.3 is 9.84 Å². The van der Waals surface area contributed by atoms with Crippen molar-refractivity contribution >= 4 is 5.91 Å². The highest BCUT2D eigenvalue weighted by atomic mass is 16.5. The molecule has 23 heavy (non-hydrogen) atoms. The molecule has 2 aromatic carbocycles. The summed E-state index contributed by atoms with van der Waals surface area (Å²) < 4.78 is 5.26. The fourth-order valence-electron chi connectivity index (χ4n) is 2.25. The van der Waals surface area contributed by atoms with Gasteiger partial charge >= 0.3 is 0 Å². The number of benzene rings is 2. The highest BCUT2D eigenvalue weighted by Crippen LogP contribution is 2.15. The SMILES string of the molecule is CC(Cc1nc(-c2ccccc2)no1)NC(=O)c1ccccc1. The molecule has 1 heterocycles. The number of rotatable bonds is 5. The monoisotopic (exact) mass is 307 g/mol. The van der Waals surface area contributed by atoms with Crippen LogP contribution in [0.4, 0.5) is 0 Å². The summed E-state index contributed by atoms with van der Waals surface area (Å²) in [6, 6.07) is 18.6. The molecule has 0 saturated heterocycles. The number of carbonyl (C=O) groups excluding carboxylic acids is 1. The molecule has 0 bridgehead atoms. The zero-order valence-electron chi connectivity index (χ0n) is 12.8. The lowest BCUT2D eigenvalue weighted by molar-refractivity contribution is 0.0938. The maximum absolute atomic E-state index is 12.1. The van der Waals surface area contributed by atoms with Gasteiger partial charge in [-0.25, -0.2) is 0 Å². The molecule has 3 aromatic rings. The van der Waals surface area contributed by atoms with E-state index in [2.05, 4.69) is 15.5 Å². The second-order valence-electron chi connectivity index (χ2n) is 5.32. The van der Waals surface area contributed by atoms with Crippen LogP contribution in [0.25, 0.3) is 11.4 Å². The first-order valence-electron chi connectivity index (χ1n) is 7.46. The molecule has 1 aromatic heterocycles. The van der Waals surface area contributed by atoms with E-state index in [1.165, 1.54) is 0 Å². The molecule has 5 heteroatoms. The Morgan fingerprint density at radius 1 is 1.09 bits per heavy atom. The largest absolute Gasteiger partial charge is 0.349 e. The minimum atomic E-state index is -0.110. The summed E-state index contributed by atoms with van der Waals surface area (Å²) in [5.74, 6) is 0.952. The van der Waals surface area contributed by atoms with Crippen molar-refractivity contribution in [2.75, 3.05) is 0 Å². The van der Waals surface area contributed by atoms with Gasteiger partial charge in [-0.05, 0) is 19.1 Å². The highest BCUT2D eigenvalue weighted by Gasteiger charge is 2.14. The topological polar surface area (TPSA) is 68.0 Å². The molecule has 0 spiro atoms. The zero-order chi connectivity index (χ0) is 16.1. The standard InChI is InChI=1S/C18H17N3O2/c1-13(19-18(22)15-10-6-3-7-11-15)12-16-20-17(21-23-16)14-8-4-2-5-9-14/h2-11,13H,12H2,1H3,(H,19,22). The Morgan fingerprint density at radius 2 is 1.74 bits per heavy atom. The van der Waals surface area contributed by atoms with Gasteiger partial charge in [-0.2, -0.15) is 4.98 Å². The Hall–Kier alpha value is -2.95. The molecule has 0 aliphatic rings. The van der Waals surface area contributed by atoms with Crippen molar-refractivity contribution in [3.63, 3.8) is 0 Å². The average Bonchev–Trinajstić information content (AvgIpc) is 3.04. The minimum absolute atomic E-state index is 0.105. The van der Waals surface area contributed by atoms with Crippen molar-refractivity contribution in [3.8, 4) is 11.4 Å². The second kappa shape index (κ2) is 6.87. The maximum atomic E-state index is 12.1. The first-order valence-corrected chi connectivity index (χ1v) is 7.46. The molecule has 0 saturated carbocycles. The summed E-state index contributed by atoms with van der Waals surface area (Å²) in [7, 11) is 0. The van der Waals surface area contributed by atoms with Gasteiger partial charge in [-0.1, -0.05) is 53.7 Å². The normalized spacial score (nSPS) is 11.9. The van der Waals surface area contributed by atoms with Gasteiger partial charge in [0.1, 0.15) is 0 Å². The molecule has 1 unspecified atom stereocenters. The smallest absolute Gasteiger partial charge is 0.251 e. The van der Waals surface area contributed by atoms with Gasteiger partial charge in [0.15, 0.2) is 0 Å². The number of nitrogens with one attached hydrogen (secondary N) is 1. The van der Waals surface area contributed by atoms with Gasteiger partial charge in [0.2, 0.25) is 11.7 Å². The van der Waals surface area contributed by atoms with Crippen LogP contribution in [0.5, 0.6) is 0 Å². The van der Waals surface area contributed by atoms with Gasteiger partial charge in [-0.15, -0.1) is 0 Å². The van der Waals surface area contributed by atoms with Crippen LogP contribution in [0, 0.1) is 0 Å². The van der Waals surface area contributed by atoms with Crippen LogP contribution in [-0.4, -0.2) is 22.1 Å². The summed E-state index contributed by atoms with van der Waals surface area (Å²) in [4.78, 5) is 16.5. The van der Waals surface area contributed by atoms with Gasteiger partial charge in [-0.3, -0.25) is 4.79 Å². The number of aromatic nitrogens is 2. The van der Waals surface area contributed by atoms with Crippen LogP contribution in [-0.2, 0) is 6.42 Å². The van der Waals surface area contributed by atoms with Crippen LogP contribution >= 0.6 is 0 Å². The summed E-state index contributed by atoms with van der Waals surface area (Å²) in [5, 5.41) is 6.90. The van der Waals surface area contributed by atoms with Gasteiger partial charge in [0.25, 0.3) is 5.91 Å². The maximum Gasteiger partial charge on any atom is 0.251 e. The van der Waals surface area contributed by atoms with E-state index in [-0.39, 0.29) is 11.9 Å². The molecule has 0 aliphatic carbocycles. The van der Waals surface area contributed by atoms with Crippen LogP contribution in [0.1, 0.15) is 23.2 Å². The Labute approximate surface area is 134 Å². The lowest BCUT2D eigenvalue weighted by Crippen LogP contribution is -2.34. The molecule has 0 fully saturated rings. The molecular formula is C18H17N3O2. The molecular weight excluding hydrogens is 290 g/mol. The van der Waals surface area contributed by atoms with Crippen molar-refractivity contribution in [1.82, 2.24) is 15.5 Å². The van der Waals surface area contributed by atoms with E-state index in [0.29, 0.717) is 23.7 Å².